The number of aromatic nitrogens is 5. The number of H-pyrrole nitrogens is 1. The van der Waals surface area contributed by atoms with Gasteiger partial charge in [-0.3, -0.25) is 19.6 Å². The van der Waals surface area contributed by atoms with Crippen molar-refractivity contribution in [2.45, 2.75) is 38.3 Å². The van der Waals surface area contributed by atoms with Gasteiger partial charge in [0.2, 0.25) is 0 Å². The Kier molecular flexibility index (Phi) is 4.77. The Morgan fingerprint density at radius 1 is 1.27 bits per heavy atom. The largest absolute Gasteiger partial charge is 0.336 e. The van der Waals surface area contributed by atoms with Gasteiger partial charge < -0.3 is 4.90 Å². The molecular formula is C19H22N6O. The molecular weight excluding hydrogens is 328 g/mol. The number of pyridine rings is 1. The first-order chi connectivity index (χ1) is 12.8. The van der Waals surface area contributed by atoms with Crippen molar-refractivity contribution >= 4 is 5.91 Å². The maximum Gasteiger partial charge on any atom is 0.255 e. The van der Waals surface area contributed by atoms with Crippen LogP contribution in [0.1, 0.15) is 36.0 Å². The number of rotatable bonds is 5. The summed E-state index contributed by atoms with van der Waals surface area (Å²) in [6, 6.07) is 5.92. The Bertz CT molecular complexity index is 826. The quantitative estimate of drug-likeness (QED) is 0.767. The first kappa shape index (κ1) is 16.5. The number of nitrogens with one attached hydrogen (secondary N) is 1. The molecule has 4 heterocycles. The summed E-state index contributed by atoms with van der Waals surface area (Å²) in [6.45, 7) is 1.64. The Hall–Kier alpha value is -2.96. The summed E-state index contributed by atoms with van der Waals surface area (Å²) < 4.78 is 1.93. The molecule has 1 fully saturated rings. The standard InChI is InChI=1S/C19H22N6O/c26-19(15-5-6-18(20-12-15)16-13-21-22-14-16)25-10-2-1-4-17(25)7-11-24-9-3-8-23-24/h3,5-6,8-9,12-14,17H,1-2,4,7,10-11H2,(H,21,22)/t17-/m0/s1. The predicted octanol–water partition coefficient (Wildman–Crippen LogP) is 2.75. The van der Waals surface area contributed by atoms with Gasteiger partial charge >= 0.3 is 0 Å². The average Bonchev–Trinajstić information content (AvgIpc) is 3.40. The number of hydrogen-bond donors (Lipinski definition) is 1. The normalized spacial score (nSPS) is 17.4. The third-order valence-electron chi connectivity index (χ3n) is 4.94. The van der Waals surface area contributed by atoms with Crippen LogP contribution in [0.3, 0.4) is 0 Å². The predicted molar refractivity (Wildman–Crippen MR) is 97.3 cm³/mol. The SMILES string of the molecule is O=C(c1ccc(-c2cn[nH]c2)nc1)N1CCCC[C@H]1CCn1cccn1. The van der Waals surface area contributed by atoms with Crippen molar-refractivity contribution in [1.82, 2.24) is 29.9 Å². The summed E-state index contributed by atoms with van der Waals surface area (Å²) >= 11 is 0. The Morgan fingerprint density at radius 3 is 2.96 bits per heavy atom. The van der Waals surface area contributed by atoms with Crippen molar-refractivity contribution in [3.8, 4) is 11.3 Å². The number of nitrogens with zero attached hydrogens (tertiary/aromatic N) is 5. The van der Waals surface area contributed by atoms with E-state index in [9.17, 15) is 4.79 Å². The van der Waals surface area contributed by atoms with Gasteiger partial charge in [-0.1, -0.05) is 0 Å². The van der Waals surface area contributed by atoms with E-state index in [1.165, 1.54) is 6.42 Å². The molecule has 3 aromatic heterocycles. The monoisotopic (exact) mass is 350 g/mol. The summed E-state index contributed by atoms with van der Waals surface area (Å²) in [5.74, 6) is 0.0707. The van der Waals surface area contributed by atoms with Crippen LogP contribution in [-0.4, -0.2) is 48.4 Å². The van der Waals surface area contributed by atoms with E-state index in [2.05, 4.69) is 20.3 Å². The van der Waals surface area contributed by atoms with Gasteiger partial charge in [0, 0.05) is 49.5 Å². The smallest absolute Gasteiger partial charge is 0.255 e. The van der Waals surface area contributed by atoms with Crippen molar-refractivity contribution in [3.63, 3.8) is 0 Å². The first-order valence-corrected chi connectivity index (χ1v) is 9.05. The molecule has 1 aliphatic rings. The molecule has 0 aliphatic carbocycles. The molecule has 26 heavy (non-hydrogen) atoms. The van der Waals surface area contributed by atoms with Crippen LogP contribution in [0.5, 0.6) is 0 Å². The van der Waals surface area contributed by atoms with Gasteiger partial charge in [-0.25, -0.2) is 0 Å². The van der Waals surface area contributed by atoms with Gasteiger partial charge in [-0.15, -0.1) is 0 Å². The maximum atomic E-state index is 13.0. The number of carbonyl (C=O) groups excluding carboxylic acids is 1. The molecule has 4 rings (SSSR count). The highest BCUT2D eigenvalue weighted by Crippen LogP contribution is 2.23. The minimum atomic E-state index is 0.0707. The van der Waals surface area contributed by atoms with Crippen LogP contribution in [0.15, 0.2) is 49.2 Å². The lowest BCUT2D eigenvalue weighted by Gasteiger charge is -2.36. The van der Waals surface area contributed by atoms with E-state index in [1.807, 2.05) is 34.0 Å². The molecule has 0 saturated carbocycles. The molecule has 1 aliphatic heterocycles. The first-order valence-electron chi connectivity index (χ1n) is 9.05. The molecule has 1 amide bonds. The van der Waals surface area contributed by atoms with E-state index in [0.717, 1.165) is 43.6 Å². The van der Waals surface area contributed by atoms with Gasteiger partial charge in [0.15, 0.2) is 0 Å². The average molecular weight is 350 g/mol. The Morgan fingerprint density at radius 2 is 2.23 bits per heavy atom. The van der Waals surface area contributed by atoms with Crippen LogP contribution in [-0.2, 0) is 6.54 Å². The van der Waals surface area contributed by atoms with Crippen molar-refractivity contribution in [3.05, 3.63) is 54.7 Å². The molecule has 0 unspecified atom stereocenters. The molecule has 1 N–H and O–H groups in total. The summed E-state index contributed by atoms with van der Waals surface area (Å²) in [5, 5.41) is 11.0. The van der Waals surface area contributed by atoms with E-state index in [-0.39, 0.29) is 11.9 Å². The second kappa shape index (κ2) is 7.51. The summed E-state index contributed by atoms with van der Waals surface area (Å²) in [6.07, 6.45) is 13.1. The second-order valence-corrected chi connectivity index (χ2v) is 6.63. The van der Waals surface area contributed by atoms with Gasteiger partial charge in [-0.2, -0.15) is 10.2 Å². The molecule has 134 valence electrons. The van der Waals surface area contributed by atoms with Crippen LogP contribution in [0.25, 0.3) is 11.3 Å². The van der Waals surface area contributed by atoms with Crippen LogP contribution in [0.4, 0.5) is 0 Å². The lowest BCUT2D eigenvalue weighted by atomic mass is 9.98. The number of piperidine rings is 1. The van der Waals surface area contributed by atoms with E-state index < -0.39 is 0 Å². The van der Waals surface area contributed by atoms with Crippen LogP contribution in [0, 0.1) is 0 Å². The fraction of sp³-hybridized carbons (Fsp3) is 0.368. The van der Waals surface area contributed by atoms with Gasteiger partial charge in [0.05, 0.1) is 17.5 Å². The molecule has 3 aromatic rings. The minimum Gasteiger partial charge on any atom is -0.336 e. The third-order valence-corrected chi connectivity index (χ3v) is 4.94. The number of aromatic amines is 1. The zero-order chi connectivity index (χ0) is 17.8. The zero-order valence-electron chi connectivity index (χ0n) is 14.6. The molecule has 7 heteroatoms. The summed E-state index contributed by atoms with van der Waals surface area (Å²) in [5.41, 5.74) is 2.37. The highest BCUT2D eigenvalue weighted by Gasteiger charge is 2.27. The van der Waals surface area contributed by atoms with Crippen LogP contribution in [0.2, 0.25) is 0 Å². The lowest BCUT2D eigenvalue weighted by molar-refractivity contribution is 0.0593. The van der Waals surface area contributed by atoms with E-state index in [0.29, 0.717) is 5.56 Å². The number of aryl methyl sites for hydroxylation is 1. The van der Waals surface area contributed by atoms with Crippen molar-refractivity contribution < 1.29 is 4.79 Å². The fourth-order valence-corrected chi connectivity index (χ4v) is 3.53. The molecule has 1 atom stereocenters. The Labute approximate surface area is 152 Å². The Balaban J connectivity index is 1.46. The van der Waals surface area contributed by atoms with Gasteiger partial charge in [0.25, 0.3) is 5.91 Å². The molecule has 7 nitrogen and oxygen atoms in total. The molecule has 1 saturated heterocycles. The summed E-state index contributed by atoms with van der Waals surface area (Å²) in [4.78, 5) is 19.5. The number of hydrogen-bond acceptors (Lipinski definition) is 4. The lowest BCUT2D eigenvalue weighted by Crippen LogP contribution is -2.44. The number of amides is 1. The van der Waals surface area contributed by atoms with Crippen LogP contribution >= 0.6 is 0 Å². The zero-order valence-corrected chi connectivity index (χ0v) is 14.6. The van der Waals surface area contributed by atoms with E-state index >= 15 is 0 Å². The second-order valence-electron chi connectivity index (χ2n) is 6.63. The molecule has 0 radical (unpaired) electrons. The maximum absolute atomic E-state index is 13.0. The summed E-state index contributed by atoms with van der Waals surface area (Å²) in [7, 11) is 0. The van der Waals surface area contributed by atoms with Gasteiger partial charge in [0.1, 0.15) is 0 Å². The van der Waals surface area contributed by atoms with Crippen molar-refractivity contribution in [1.29, 1.82) is 0 Å². The van der Waals surface area contributed by atoms with Crippen LogP contribution < -0.4 is 0 Å². The van der Waals surface area contributed by atoms with Crippen molar-refractivity contribution in [2.75, 3.05) is 6.54 Å². The minimum absolute atomic E-state index is 0.0707. The third kappa shape index (κ3) is 3.51. The molecule has 0 aromatic carbocycles. The topological polar surface area (TPSA) is 79.7 Å². The highest BCUT2D eigenvalue weighted by molar-refractivity contribution is 5.94. The highest BCUT2D eigenvalue weighted by atomic mass is 16.2. The van der Waals surface area contributed by atoms with Gasteiger partial charge in [-0.05, 0) is 43.9 Å². The van der Waals surface area contributed by atoms with E-state index in [1.54, 1.807) is 24.8 Å². The molecule has 0 bridgehead atoms. The fourth-order valence-electron chi connectivity index (χ4n) is 3.53. The van der Waals surface area contributed by atoms with Crippen molar-refractivity contribution in [2.24, 2.45) is 0 Å². The number of likely N-dealkylation sites (tertiary alicyclic amines) is 1. The number of carbonyl (C=O) groups is 1. The molecule has 0 spiro atoms. The van der Waals surface area contributed by atoms with E-state index in [4.69, 9.17) is 0 Å².